The summed E-state index contributed by atoms with van der Waals surface area (Å²) in [6.07, 6.45) is -0.260. The van der Waals surface area contributed by atoms with Crippen LogP contribution in [0.4, 0.5) is 10.5 Å². The highest BCUT2D eigenvalue weighted by Crippen LogP contribution is 2.25. The molecule has 0 spiro atoms. The van der Waals surface area contributed by atoms with Crippen molar-refractivity contribution in [2.45, 2.75) is 32.2 Å². The third-order valence-corrected chi connectivity index (χ3v) is 3.84. The minimum Gasteiger partial charge on any atom is -0.321 e. The average molecular weight is 274 g/mol. The summed E-state index contributed by atoms with van der Waals surface area (Å²) >= 11 is 0. The summed E-state index contributed by atoms with van der Waals surface area (Å²) in [6.45, 7) is 3.93. The van der Waals surface area contributed by atoms with Gasteiger partial charge < -0.3 is 5.32 Å². The molecule has 3 rings (SSSR count). The van der Waals surface area contributed by atoms with E-state index in [9.17, 15) is 9.59 Å². The summed E-state index contributed by atoms with van der Waals surface area (Å²) in [5.41, 5.74) is 0.597. The molecule has 0 saturated carbocycles. The van der Waals surface area contributed by atoms with E-state index in [0.29, 0.717) is 5.69 Å². The van der Waals surface area contributed by atoms with Crippen LogP contribution >= 0.6 is 0 Å². The summed E-state index contributed by atoms with van der Waals surface area (Å²) in [4.78, 5) is 26.1. The molecule has 0 aliphatic carbocycles. The van der Waals surface area contributed by atoms with Crippen molar-refractivity contribution in [3.63, 3.8) is 0 Å². The van der Waals surface area contributed by atoms with Gasteiger partial charge in [0.1, 0.15) is 0 Å². The van der Waals surface area contributed by atoms with Crippen LogP contribution in [0.1, 0.15) is 13.8 Å². The van der Waals surface area contributed by atoms with Gasteiger partial charge in [0.05, 0.1) is 23.9 Å². The van der Waals surface area contributed by atoms with Crippen molar-refractivity contribution in [2.75, 3.05) is 4.90 Å². The van der Waals surface area contributed by atoms with Gasteiger partial charge in [-0.05, 0) is 26.0 Å². The van der Waals surface area contributed by atoms with Crippen molar-refractivity contribution in [1.29, 1.82) is 0 Å². The molecular formula is C14H18N4O2. The number of carbonyl (C=O) groups excluding carboxylic acids is 2. The summed E-state index contributed by atoms with van der Waals surface area (Å²) in [7, 11) is 0. The van der Waals surface area contributed by atoms with E-state index in [-0.39, 0.29) is 36.2 Å². The van der Waals surface area contributed by atoms with Crippen LogP contribution < -0.4 is 20.9 Å². The molecule has 1 aromatic carbocycles. The van der Waals surface area contributed by atoms with Gasteiger partial charge in [0, 0.05) is 6.04 Å². The Hall–Kier alpha value is -1.92. The lowest BCUT2D eigenvalue weighted by Gasteiger charge is -2.45. The fourth-order valence-corrected chi connectivity index (χ4v) is 2.96. The predicted molar refractivity (Wildman–Crippen MR) is 74.9 cm³/mol. The minimum atomic E-state index is -0.378. The van der Waals surface area contributed by atoms with E-state index >= 15 is 0 Å². The fourth-order valence-electron chi connectivity index (χ4n) is 2.96. The van der Waals surface area contributed by atoms with Crippen LogP contribution in [0.15, 0.2) is 30.3 Å². The quantitative estimate of drug-likeness (QED) is 0.701. The Morgan fingerprint density at radius 2 is 1.75 bits per heavy atom. The first-order valence-electron chi connectivity index (χ1n) is 6.79. The fraction of sp³-hybridized carbons (Fsp3) is 0.429. The Balaban J connectivity index is 1.92. The highest BCUT2D eigenvalue weighted by atomic mass is 16.2. The molecule has 2 saturated heterocycles. The SMILES string of the molecule is CC1NC(C)C2C(=O)N(c3ccccc3)C(=O)NC2N1. The Labute approximate surface area is 117 Å². The number of nitrogens with one attached hydrogen (secondary N) is 3. The van der Waals surface area contributed by atoms with Gasteiger partial charge in [-0.15, -0.1) is 0 Å². The van der Waals surface area contributed by atoms with Gasteiger partial charge in [0.15, 0.2) is 0 Å². The van der Waals surface area contributed by atoms with E-state index in [0.717, 1.165) is 0 Å². The van der Waals surface area contributed by atoms with Gasteiger partial charge in [-0.2, -0.15) is 0 Å². The summed E-state index contributed by atoms with van der Waals surface area (Å²) in [5.74, 6) is -0.492. The number of amides is 3. The number of para-hydroxylation sites is 1. The Morgan fingerprint density at radius 3 is 2.45 bits per heavy atom. The first-order valence-corrected chi connectivity index (χ1v) is 6.79. The van der Waals surface area contributed by atoms with Gasteiger partial charge in [-0.3, -0.25) is 15.4 Å². The smallest absolute Gasteiger partial charge is 0.321 e. The first-order chi connectivity index (χ1) is 9.58. The number of hydrogen-bond acceptors (Lipinski definition) is 4. The van der Waals surface area contributed by atoms with Crippen molar-refractivity contribution in [3.05, 3.63) is 30.3 Å². The Morgan fingerprint density at radius 1 is 1.05 bits per heavy atom. The molecule has 106 valence electrons. The highest BCUT2D eigenvalue weighted by Gasteiger charge is 2.47. The zero-order chi connectivity index (χ0) is 14.3. The number of benzene rings is 1. The van der Waals surface area contributed by atoms with Crippen molar-refractivity contribution in [2.24, 2.45) is 5.92 Å². The normalized spacial score (nSPS) is 33.6. The van der Waals surface area contributed by atoms with Crippen molar-refractivity contribution >= 4 is 17.6 Å². The van der Waals surface area contributed by atoms with Crippen molar-refractivity contribution < 1.29 is 9.59 Å². The van der Waals surface area contributed by atoms with E-state index in [4.69, 9.17) is 0 Å². The molecule has 3 N–H and O–H groups in total. The van der Waals surface area contributed by atoms with Gasteiger partial charge in [-0.25, -0.2) is 9.69 Å². The standard InChI is InChI=1S/C14H18N4O2/c1-8-11-12(16-9(2)15-8)17-14(20)18(13(11)19)10-6-4-3-5-7-10/h3-9,11-12,15-16H,1-2H3,(H,17,20). The van der Waals surface area contributed by atoms with Gasteiger partial charge in [0.25, 0.3) is 0 Å². The Kier molecular flexibility index (Phi) is 3.19. The van der Waals surface area contributed by atoms with E-state index < -0.39 is 0 Å². The van der Waals surface area contributed by atoms with E-state index in [1.165, 1.54) is 4.90 Å². The van der Waals surface area contributed by atoms with Crippen LogP contribution in [0.5, 0.6) is 0 Å². The number of rotatable bonds is 1. The van der Waals surface area contributed by atoms with Crippen molar-refractivity contribution in [1.82, 2.24) is 16.0 Å². The maximum absolute atomic E-state index is 12.7. The number of nitrogens with zero attached hydrogens (tertiary/aromatic N) is 1. The van der Waals surface area contributed by atoms with Gasteiger partial charge in [-0.1, -0.05) is 18.2 Å². The lowest BCUT2D eigenvalue weighted by atomic mass is 9.91. The average Bonchev–Trinajstić information content (AvgIpc) is 2.38. The van der Waals surface area contributed by atoms with E-state index in [1.807, 2.05) is 32.0 Å². The molecule has 0 aromatic heterocycles. The lowest BCUT2D eigenvalue weighted by Crippen LogP contribution is -2.74. The number of imide groups is 1. The number of carbonyl (C=O) groups is 2. The zero-order valence-electron chi connectivity index (χ0n) is 11.5. The Bertz CT molecular complexity index is 533. The van der Waals surface area contributed by atoms with Crippen LogP contribution in [0.25, 0.3) is 0 Å². The third kappa shape index (κ3) is 2.07. The molecule has 1 aromatic rings. The molecule has 4 atom stereocenters. The number of anilines is 1. The number of urea groups is 1. The second-order valence-corrected chi connectivity index (χ2v) is 5.31. The molecular weight excluding hydrogens is 256 g/mol. The van der Waals surface area contributed by atoms with Gasteiger partial charge >= 0.3 is 6.03 Å². The maximum atomic E-state index is 12.7. The molecule has 6 heteroatoms. The van der Waals surface area contributed by atoms with Crippen LogP contribution in [-0.4, -0.2) is 30.3 Å². The first kappa shape index (κ1) is 13.1. The monoisotopic (exact) mass is 274 g/mol. The molecule has 2 fully saturated rings. The second kappa shape index (κ2) is 4.88. The number of fused-ring (bicyclic) bond motifs is 1. The van der Waals surface area contributed by atoms with E-state index in [2.05, 4.69) is 16.0 Å². The highest BCUT2D eigenvalue weighted by molar-refractivity contribution is 6.17. The summed E-state index contributed by atoms with van der Waals surface area (Å²) in [6, 6.07) is 8.61. The molecule has 2 aliphatic rings. The third-order valence-electron chi connectivity index (χ3n) is 3.84. The second-order valence-electron chi connectivity index (χ2n) is 5.31. The topological polar surface area (TPSA) is 73.5 Å². The molecule has 2 heterocycles. The maximum Gasteiger partial charge on any atom is 0.330 e. The summed E-state index contributed by atoms with van der Waals surface area (Å²) < 4.78 is 0. The molecule has 4 unspecified atom stereocenters. The molecule has 2 aliphatic heterocycles. The molecule has 0 radical (unpaired) electrons. The zero-order valence-corrected chi connectivity index (χ0v) is 11.5. The predicted octanol–water partition coefficient (Wildman–Crippen LogP) is 0.612. The van der Waals surface area contributed by atoms with Crippen LogP contribution in [0.3, 0.4) is 0 Å². The summed E-state index contributed by atoms with van der Waals surface area (Å²) in [5, 5.41) is 9.35. The molecule has 6 nitrogen and oxygen atoms in total. The van der Waals surface area contributed by atoms with Crippen LogP contribution in [0.2, 0.25) is 0 Å². The molecule has 20 heavy (non-hydrogen) atoms. The van der Waals surface area contributed by atoms with E-state index in [1.54, 1.807) is 12.1 Å². The van der Waals surface area contributed by atoms with Crippen LogP contribution in [0, 0.1) is 5.92 Å². The van der Waals surface area contributed by atoms with Crippen LogP contribution in [-0.2, 0) is 4.79 Å². The van der Waals surface area contributed by atoms with Crippen molar-refractivity contribution in [3.8, 4) is 0 Å². The molecule has 0 bridgehead atoms. The minimum absolute atomic E-state index is 0.00411. The lowest BCUT2D eigenvalue weighted by molar-refractivity contribution is -0.125. The molecule has 3 amide bonds. The van der Waals surface area contributed by atoms with Gasteiger partial charge in [0.2, 0.25) is 5.91 Å². The largest absolute Gasteiger partial charge is 0.330 e. The number of hydrogen-bond donors (Lipinski definition) is 3.